The Kier molecular flexibility index (Phi) is 6.87. The topological polar surface area (TPSA) is 66.5 Å². The molecule has 0 aliphatic carbocycles. The summed E-state index contributed by atoms with van der Waals surface area (Å²) in [6.07, 6.45) is -2.37. The molecule has 2 atom stereocenters. The van der Waals surface area contributed by atoms with Crippen LogP contribution in [0.25, 0.3) is 0 Å². The number of nitrogens with one attached hydrogen (secondary N) is 1. The molecule has 3 rings (SSSR count). The van der Waals surface area contributed by atoms with Crippen molar-refractivity contribution in [3.05, 3.63) is 64.2 Å². The Hall–Kier alpha value is -2.24. The van der Waals surface area contributed by atoms with Gasteiger partial charge in [-0.25, -0.2) is 30.4 Å². The Morgan fingerprint density at radius 2 is 1.68 bits per heavy atom. The first-order valence-corrected chi connectivity index (χ1v) is 10.9. The van der Waals surface area contributed by atoms with Gasteiger partial charge in [-0.3, -0.25) is 4.79 Å². The van der Waals surface area contributed by atoms with E-state index in [0.717, 1.165) is 12.1 Å². The van der Waals surface area contributed by atoms with Crippen molar-refractivity contribution in [2.75, 3.05) is 6.54 Å². The third kappa shape index (κ3) is 4.53. The minimum atomic E-state index is -4.83. The highest BCUT2D eigenvalue weighted by molar-refractivity contribution is 7.89. The van der Waals surface area contributed by atoms with Crippen LogP contribution < -0.4 is 5.32 Å². The van der Waals surface area contributed by atoms with E-state index in [1.54, 1.807) is 0 Å². The van der Waals surface area contributed by atoms with Crippen LogP contribution in [0, 0.1) is 23.3 Å². The lowest BCUT2D eigenvalue weighted by Gasteiger charge is -2.32. The number of amides is 1. The molecule has 0 saturated carbocycles. The molecule has 0 aromatic heterocycles. The van der Waals surface area contributed by atoms with E-state index in [2.05, 4.69) is 5.32 Å². The van der Waals surface area contributed by atoms with Gasteiger partial charge in [0, 0.05) is 17.1 Å². The van der Waals surface area contributed by atoms with Crippen molar-refractivity contribution in [1.29, 1.82) is 0 Å². The molecule has 5 nitrogen and oxygen atoms in total. The Morgan fingerprint density at radius 1 is 1.03 bits per heavy atom. The molecule has 2 aromatic rings. The molecule has 1 saturated heterocycles. The number of rotatable bonds is 5. The fourth-order valence-electron chi connectivity index (χ4n) is 3.24. The molecule has 1 aliphatic heterocycles. The van der Waals surface area contributed by atoms with Gasteiger partial charge in [0.2, 0.25) is 15.9 Å². The van der Waals surface area contributed by atoms with Crippen molar-refractivity contribution in [3.63, 3.8) is 0 Å². The third-order valence-corrected chi connectivity index (χ3v) is 6.93. The lowest BCUT2D eigenvalue weighted by molar-refractivity contribution is -0.126. The number of hydrogen-bond donors (Lipinski definition) is 1. The van der Waals surface area contributed by atoms with Crippen molar-refractivity contribution in [1.82, 2.24) is 9.62 Å². The number of carbonyl (C=O) groups excluding carboxylic acids is 1. The minimum Gasteiger partial charge on any atom is -0.355 e. The van der Waals surface area contributed by atoms with Crippen molar-refractivity contribution in [3.8, 4) is 0 Å². The van der Waals surface area contributed by atoms with Crippen molar-refractivity contribution < 1.29 is 35.2 Å². The summed E-state index contributed by atoms with van der Waals surface area (Å²) < 4.78 is 97.1. The molecule has 1 heterocycles. The van der Waals surface area contributed by atoms with Crippen molar-refractivity contribution in [2.24, 2.45) is 0 Å². The summed E-state index contributed by atoms with van der Waals surface area (Å²) in [6, 6.07) is 2.85. The highest BCUT2D eigenvalue weighted by atomic mass is 35.5. The monoisotopic (exact) mass is 482 g/mol. The quantitative estimate of drug-likeness (QED) is 0.300. The van der Waals surface area contributed by atoms with E-state index >= 15 is 4.39 Å². The number of halogens is 6. The fraction of sp³-hybridized carbons (Fsp3) is 0.316. The molecule has 0 spiro atoms. The highest BCUT2D eigenvalue weighted by Gasteiger charge is 2.44. The second kappa shape index (κ2) is 9.09. The number of sulfonamides is 1. The number of alkyl halides is 1. The van der Waals surface area contributed by atoms with Gasteiger partial charge in [-0.2, -0.15) is 0 Å². The van der Waals surface area contributed by atoms with Crippen LogP contribution in [0.4, 0.5) is 22.0 Å². The first kappa shape index (κ1) is 23.4. The largest absolute Gasteiger partial charge is 0.355 e. The number of carbonyl (C=O) groups is 1. The number of benzene rings is 2. The van der Waals surface area contributed by atoms with E-state index in [0.29, 0.717) is 12.8 Å². The van der Waals surface area contributed by atoms with Crippen molar-refractivity contribution >= 4 is 27.5 Å². The number of nitrogens with zero attached hydrogens (tertiary/aromatic N) is 1. The Bertz CT molecular complexity index is 1100. The molecule has 0 radical (unpaired) electrons. The second-order valence-corrected chi connectivity index (χ2v) is 9.10. The second-order valence-electron chi connectivity index (χ2n) is 6.82. The molecule has 1 N–H and O–H groups in total. The molecular weight excluding hydrogens is 467 g/mol. The highest BCUT2D eigenvalue weighted by Crippen LogP contribution is 2.36. The summed E-state index contributed by atoms with van der Waals surface area (Å²) in [6.45, 7) is 0.204. The van der Waals surface area contributed by atoms with Gasteiger partial charge >= 0.3 is 0 Å². The van der Waals surface area contributed by atoms with Crippen LogP contribution in [0.2, 0.25) is 5.02 Å². The Balaban J connectivity index is 2.19. The van der Waals surface area contributed by atoms with Gasteiger partial charge in [0.1, 0.15) is 6.04 Å². The van der Waals surface area contributed by atoms with Crippen LogP contribution in [0.15, 0.2) is 35.2 Å². The molecular formula is C19H16ClF5N2O3S. The third-order valence-electron chi connectivity index (χ3n) is 4.81. The van der Waals surface area contributed by atoms with Gasteiger partial charge in [0.25, 0.3) is 0 Å². The average Bonchev–Trinajstić information content (AvgIpc) is 2.94. The lowest BCUT2D eigenvalue weighted by atomic mass is 10.1. The maximum absolute atomic E-state index is 15.5. The average molecular weight is 483 g/mol. The minimum absolute atomic E-state index is 0.0252. The van der Waals surface area contributed by atoms with Gasteiger partial charge < -0.3 is 5.32 Å². The Labute approximate surface area is 179 Å². The van der Waals surface area contributed by atoms with E-state index in [9.17, 15) is 30.8 Å². The SMILES string of the molecule is O=C1NCCCC[C@H]1N(C(F)c1cc(F)c(F)c(F)c1F)S(=O)(=O)c1ccc(Cl)cc1. The smallest absolute Gasteiger partial charge is 0.246 e. The van der Waals surface area contributed by atoms with E-state index < -0.39 is 62.0 Å². The molecule has 1 amide bonds. The standard InChI is InChI=1S/C19H16ClF5N2O3S/c20-10-4-6-11(7-5-10)31(29,30)27(14-3-1-2-8-26-19(14)28)18(25)12-9-13(21)16(23)17(24)15(12)22/h4-7,9,14,18H,1-3,8H2,(H,26,28)/t14-,18?/m1/s1. The fourth-order valence-corrected chi connectivity index (χ4v) is 4.99. The molecule has 0 bridgehead atoms. The van der Waals surface area contributed by atoms with Gasteiger partial charge in [-0.05, 0) is 49.6 Å². The zero-order valence-corrected chi connectivity index (χ0v) is 17.3. The van der Waals surface area contributed by atoms with Crippen LogP contribution in [-0.2, 0) is 14.8 Å². The normalized spacial score (nSPS) is 18.5. The maximum atomic E-state index is 15.5. The van der Waals surface area contributed by atoms with Gasteiger partial charge in [0.15, 0.2) is 29.6 Å². The Morgan fingerprint density at radius 3 is 2.32 bits per heavy atom. The maximum Gasteiger partial charge on any atom is 0.246 e. The predicted octanol–water partition coefficient (Wildman–Crippen LogP) is 4.22. The molecule has 1 fully saturated rings. The summed E-state index contributed by atoms with van der Waals surface area (Å²) >= 11 is 5.75. The first-order chi connectivity index (χ1) is 14.6. The van der Waals surface area contributed by atoms with Gasteiger partial charge in [0.05, 0.1) is 4.90 Å². The zero-order chi connectivity index (χ0) is 22.9. The van der Waals surface area contributed by atoms with Crippen LogP contribution >= 0.6 is 11.6 Å². The van der Waals surface area contributed by atoms with Crippen LogP contribution in [0.1, 0.15) is 31.1 Å². The van der Waals surface area contributed by atoms with Crippen LogP contribution in [0.5, 0.6) is 0 Å². The number of hydrogen-bond acceptors (Lipinski definition) is 3. The van der Waals surface area contributed by atoms with Gasteiger partial charge in [-0.15, -0.1) is 4.31 Å². The zero-order valence-electron chi connectivity index (χ0n) is 15.7. The summed E-state index contributed by atoms with van der Waals surface area (Å²) in [7, 11) is -4.83. The first-order valence-electron chi connectivity index (χ1n) is 9.09. The molecule has 168 valence electrons. The lowest BCUT2D eigenvalue weighted by Crippen LogP contribution is -2.49. The van der Waals surface area contributed by atoms with Crippen LogP contribution in [0.3, 0.4) is 0 Å². The van der Waals surface area contributed by atoms with Gasteiger partial charge in [-0.1, -0.05) is 11.6 Å². The molecule has 31 heavy (non-hydrogen) atoms. The molecule has 12 heteroatoms. The predicted molar refractivity (Wildman–Crippen MR) is 101 cm³/mol. The van der Waals surface area contributed by atoms with E-state index in [1.165, 1.54) is 12.1 Å². The van der Waals surface area contributed by atoms with Crippen molar-refractivity contribution in [2.45, 2.75) is 36.5 Å². The summed E-state index contributed by atoms with van der Waals surface area (Å²) in [5.41, 5.74) is -1.40. The molecule has 1 unspecified atom stereocenters. The summed E-state index contributed by atoms with van der Waals surface area (Å²) in [5, 5.41) is 2.60. The van der Waals surface area contributed by atoms with E-state index in [1.807, 2.05) is 0 Å². The molecule has 1 aliphatic rings. The summed E-state index contributed by atoms with van der Waals surface area (Å²) in [5.74, 6) is -9.34. The van der Waals surface area contributed by atoms with E-state index in [-0.39, 0.29) is 28.4 Å². The summed E-state index contributed by atoms with van der Waals surface area (Å²) in [4.78, 5) is 12.0. The van der Waals surface area contributed by atoms with Crippen LogP contribution in [-0.4, -0.2) is 31.2 Å². The molecule has 2 aromatic carbocycles. The van der Waals surface area contributed by atoms with E-state index in [4.69, 9.17) is 11.6 Å².